The first kappa shape index (κ1) is 11.3. The number of aromatic nitrogens is 1. The Labute approximate surface area is 99.8 Å². The van der Waals surface area contributed by atoms with Crippen LogP contribution in [0.2, 0.25) is 0 Å². The van der Waals surface area contributed by atoms with Gasteiger partial charge in [0.15, 0.2) is 11.5 Å². The van der Waals surface area contributed by atoms with Gasteiger partial charge in [0.2, 0.25) is 0 Å². The van der Waals surface area contributed by atoms with Crippen molar-refractivity contribution >= 4 is 11.9 Å². The summed E-state index contributed by atoms with van der Waals surface area (Å²) in [5, 5.41) is 3.96. The first-order valence-corrected chi connectivity index (χ1v) is 5.37. The SMILES string of the molecule is CC(=O)/C=C/c1cc(-c2ccc(C)cc2)no1. The van der Waals surface area contributed by atoms with E-state index >= 15 is 0 Å². The molecule has 0 fully saturated rings. The maximum atomic E-state index is 10.8. The van der Waals surface area contributed by atoms with Gasteiger partial charge < -0.3 is 4.52 Å². The molecule has 17 heavy (non-hydrogen) atoms. The number of rotatable bonds is 3. The van der Waals surface area contributed by atoms with E-state index in [1.165, 1.54) is 18.6 Å². The predicted molar refractivity (Wildman–Crippen MR) is 66.4 cm³/mol. The molecular formula is C14H13NO2. The molecule has 0 aliphatic rings. The molecule has 2 rings (SSSR count). The molecule has 0 aliphatic carbocycles. The smallest absolute Gasteiger partial charge is 0.160 e. The monoisotopic (exact) mass is 227 g/mol. The van der Waals surface area contributed by atoms with Crippen molar-refractivity contribution in [2.45, 2.75) is 13.8 Å². The third-order valence-corrected chi connectivity index (χ3v) is 2.36. The van der Waals surface area contributed by atoms with Crippen LogP contribution in [-0.4, -0.2) is 10.9 Å². The molecule has 1 heterocycles. The third kappa shape index (κ3) is 2.91. The second-order valence-corrected chi connectivity index (χ2v) is 3.92. The van der Waals surface area contributed by atoms with Crippen LogP contribution in [0.3, 0.4) is 0 Å². The zero-order chi connectivity index (χ0) is 12.3. The highest BCUT2D eigenvalue weighted by atomic mass is 16.5. The number of nitrogens with zero attached hydrogens (tertiary/aromatic N) is 1. The quantitative estimate of drug-likeness (QED) is 0.756. The zero-order valence-electron chi connectivity index (χ0n) is 9.81. The minimum atomic E-state index is -0.0155. The van der Waals surface area contributed by atoms with Gasteiger partial charge in [-0.15, -0.1) is 0 Å². The highest BCUT2D eigenvalue weighted by molar-refractivity contribution is 5.91. The summed E-state index contributed by atoms with van der Waals surface area (Å²) in [6, 6.07) is 9.84. The Morgan fingerprint density at radius 3 is 2.65 bits per heavy atom. The number of hydrogen-bond acceptors (Lipinski definition) is 3. The number of carbonyl (C=O) groups is 1. The van der Waals surface area contributed by atoms with E-state index in [1.54, 1.807) is 6.08 Å². The van der Waals surface area contributed by atoms with Crippen LogP contribution in [0, 0.1) is 6.92 Å². The minimum Gasteiger partial charge on any atom is -0.356 e. The van der Waals surface area contributed by atoms with Crippen LogP contribution in [0.15, 0.2) is 40.9 Å². The van der Waals surface area contributed by atoms with Crippen molar-refractivity contribution in [3.05, 3.63) is 47.7 Å². The number of carbonyl (C=O) groups excluding carboxylic acids is 1. The number of benzene rings is 1. The van der Waals surface area contributed by atoms with Crippen LogP contribution >= 0.6 is 0 Å². The molecule has 0 amide bonds. The first-order valence-electron chi connectivity index (χ1n) is 5.37. The van der Waals surface area contributed by atoms with E-state index in [0.717, 1.165) is 11.3 Å². The van der Waals surface area contributed by atoms with Gasteiger partial charge in [-0.3, -0.25) is 4.79 Å². The fraction of sp³-hybridized carbons (Fsp3) is 0.143. The molecule has 0 atom stereocenters. The molecule has 2 aromatic rings. The van der Waals surface area contributed by atoms with Gasteiger partial charge >= 0.3 is 0 Å². The predicted octanol–water partition coefficient (Wildman–Crippen LogP) is 3.25. The molecule has 0 radical (unpaired) electrons. The van der Waals surface area contributed by atoms with E-state index in [9.17, 15) is 4.79 Å². The number of allylic oxidation sites excluding steroid dienone is 1. The summed E-state index contributed by atoms with van der Waals surface area (Å²) in [4.78, 5) is 10.8. The zero-order valence-corrected chi connectivity index (χ0v) is 9.81. The summed E-state index contributed by atoms with van der Waals surface area (Å²) in [7, 11) is 0. The standard InChI is InChI=1S/C14H13NO2/c1-10-3-6-12(7-4-10)14-9-13(17-15-14)8-5-11(2)16/h3-9H,1-2H3/b8-5+. The summed E-state index contributed by atoms with van der Waals surface area (Å²) in [5.74, 6) is 0.564. The van der Waals surface area contributed by atoms with Gasteiger partial charge in [-0.2, -0.15) is 0 Å². The van der Waals surface area contributed by atoms with Crippen LogP contribution in [-0.2, 0) is 4.79 Å². The molecular weight excluding hydrogens is 214 g/mol. The van der Waals surface area contributed by atoms with E-state index < -0.39 is 0 Å². The number of ketones is 1. The molecule has 1 aromatic carbocycles. The summed E-state index contributed by atoms with van der Waals surface area (Å²) in [6.07, 6.45) is 3.08. The Hall–Kier alpha value is -2.16. The summed E-state index contributed by atoms with van der Waals surface area (Å²) < 4.78 is 5.11. The molecule has 0 unspecified atom stereocenters. The van der Waals surface area contributed by atoms with Gasteiger partial charge in [-0.25, -0.2) is 0 Å². The van der Waals surface area contributed by atoms with Crippen molar-refractivity contribution in [1.82, 2.24) is 5.16 Å². The molecule has 0 saturated carbocycles. The van der Waals surface area contributed by atoms with E-state index in [0.29, 0.717) is 5.76 Å². The molecule has 1 aromatic heterocycles. The van der Waals surface area contributed by atoms with E-state index in [-0.39, 0.29) is 5.78 Å². The Bertz CT molecular complexity index is 550. The van der Waals surface area contributed by atoms with Gasteiger partial charge in [0.1, 0.15) is 5.69 Å². The van der Waals surface area contributed by atoms with E-state index in [4.69, 9.17) is 4.52 Å². The van der Waals surface area contributed by atoms with E-state index in [1.807, 2.05) is 37.3 Å². The van der Waals surface area contributed by atoms with Crippen molar-refractivity contribution in [3.8, 4) is 11.3 Å². The Morgan fingerprint density at radius 2 is 2.00 bits per heavy atom. The topological polar surface area (TPSA) is 43.1 Å². The summed E-state index contributed by atoms with van der Waals surface area (Å²) in [6.45, 7) is 3.53. The molecule has 0 spiro atoms. The average molecular weight is 227 g/mol. The van der Waals surface area contributed by atoms with E-state index in [2.05, 4.69) is 5.16 Å². The van der Waals surface area contributed by atoms with Crippen LogP contribution < -0.4 is 0 Å². The highest BCUT2D eigenvalue weighted by Gasteiger charge is 2.04. The van der Waals surface area contributed by atoms with Gasteiger partial charge in [0, 0.05) is 11.6 Å². The van der Waals surface area contributed by atoms with Crippen molar-refractivity contribution in [3.63, 3.8) is 0 Å². The maximum Gasteiger partial charge on any atom is 0.160 e. The number of aryl methyl sites for hydroxylation is 1. The third-order valence-electron chi connectivity index (χ3n) is 2.36. The lowest BCUT2D eigenvalue weighted by Crippen LogP contribution is -1.78. The Kier molecular flexibility index (Phi) is 3.19. The fourth-order valence-corrected chi connectivity index (χ4v) is 1.43. The van der Waals surface area contributed by atoms with Crippen LogP contribution in [0.4, 0.5) is 0 Å². The van der Waals surface area contributed by atoms with Gasteiger partial charge in [0.25, 0.3) is 0 Å². The van der Waals surface area contributed by atoms with Crippen LogP contribution in [0.25, 0.3) is 17.3 Å². The molecule has 0 saturated heterocycles. The molecule has 86 valence electrons. The summed E-state index contributed by atoms with van der Waals surface area (Å²) in [5.41, 5.74) is 2.98. The lowest BCUT2D eigenvalue weighted by Gasteiger charge is -1.95. The largest absolute Gasteiger partial charge is 0.356 e. The van der Waals surface area contributed by atoms with Crippen molar-refractivity contribution in [1.29, 1.82) is 0 Å². The fourth-order valence-electron chi connectivity index (χ4n) is 1.43. The minimum absolute atomic E-state index is 0.0155. The van der Waals surface area contributed by atoms with Crippen LogP contribution in [0.5, 0.6) is 0 Å². The Balaban J connectivity index is 2.23. The van der Waals surface area contributed by atoms with Gasteiger partial charge in [-0.05, 0) is 26.0 Å². The molecule has 3 nitrogen and oxygen atoms in total. The lowest BCUT2D eigenvalue weighted by molar-refractivity contribution is -0.112. The normalized spacial score (nSPS) is 10.9. The van der Waals surface area contributed by atoms with Crippen LogP contribution in [0.1, 0.15) is 18.2 Å². The second kappa shape index (κ2) is 4.78. The maximum absolute atomic E-state index is 10.8. The lowest BCUT2D eigenvalue weighted by atomic mass is 10.1. The molecule has 0 bridgehead atoms. The molecule has 3 heteroatoms. The van der Waals surface area contributed by atoms with Crippen molar-refractivity contribution in [2.24, 2.45) is 0 Å². The summed E-state index contributed by atoms with van der Waals surface area (Å²) >= 11 is 0. The van der Waals surface area contributed by atoms with Crippen molar-refractivity contribution in [2.75, 3.05) is 0 Å². The first-order chi connectivity index (χ1) is 8.15. The van der Waals surface area contributed by atoms with Gasteiger partial charge in [0.05, 0.1) is 0 Å². The van der Waals surface area contributed by atoms with Crippen molar-refractivity contribution < 1.29 is 9.32 Å². The van der Waals surface area contributed by atoms with Gasteiger partial charge in [-0.1, -0.05) is 35.0 Å². The highest BCUT2D eigenvalue weighted by Crippen LogP contribution is 2.20. The average Bonchev–Trinajstić information content (AvgIpc) is 2.76. The molecule has 0 aliphatic heterocycles. The number of hydrogen-bond donors (Lipinski definition) is 0. The second-order valence-electron chi connectivity index (χ2n) is 3.92. The Morgan fingerprint density at radius 1 is 1.29 bits per heavy atom. The molecule has 0 N–H and O–H groups in total.